The zero-order valence-corrected chi connectivity index (χ0v) is 15.8. The van der Waals surface area contributed by atoms with Crippen LogP contribution in [0, 0.1) is 5.92 Å². The number of aliphatic hydroxyl groups is 1. The van der Waals surface area contributed by atoms with E-state index in [1.54, 1.807) is 0 Å². The second-order valence-corrected chi connectivity index (χ2v) is 13.4. The Balaban J connectivity index is 2.09. The van der Waals surface area contributed by atoms with Crippen molar-refractivity contribution in [2.45, 2.75) is 96.3 Å². The van der Waals surface area contributed by atoms with E-state index in [9.17, 15) is 5.11 Å². The topological polar surface area (TPSA) is 47.9 Å². The van der Waals surface area contributed by atoms with Gasteiger partial charge in [0.1, 0.15) is 6.10 Å². The van der Waals surface area contributed by atoms with E-state index in [1.165, 1.54) is 0 Å². The zero-order chi connectivity index (χ0) is 16.2. The fraction of sp³-hybridized carbons (Fsp3) is 1.00. The Hall–Kier alpha value is 0.0569. The average molecular weight is 317 g/mol. The van der Waals surface area contributed by atoms with Crippen LogP contribution < -0.4 is 0 Å². The number of aliphatic hydroxyl groups excluding tert-OH is 1. The third kappa shape index (κ3) is 3.37. The van der Waals surface area contributed by atoms with Gasteiger partial charge in [0.05, 0.1) is 12.2 Å². The molecule has 1 heterocycles. The smallest absolute Gasteiger partial charge is 0.192 e. The summed E-state index contributed by atoms with van der Waals surface area (Å²) in [4.78, 5) is 0. The summed E-state index contributed by atoms with van der Waals surface area (Å²) < 4.78 is 18.4. The maximum absolute atomic E-state index is 10.3. The minimum absolute atomic E-state index is 0.0604. The van der Waals surface area contributed by atoms with E-state index < -0.39 is 20.2 Å². The Kier molecular flexibility index (Phi) is 4.40. The minimum atomic E-state index is -1.82. The molecule has 1 aliphatic heterocycles. The average Bonchev–Trinajstić information content (AvgIpc) is 2.72. The molecule has 124 valence electrons. The van der Waals surface area contributed by atoms with E-state index in [4.69, 9.17) is 13.9 Å². The molecule has 0 spiro atoms. The molecule has 2 rings (SSSR count). The summed E-state index contributed by atoms with van der Waals surface area (Å²) in [5.74, 6) is -0.410. The van der Waals surface area contributed by atoms with Crippen LogP contribution in [-0.4, -0.2) is 43.6 Å². The van der Waals surface area contributed by atoms with Crippen molar-refractivity contribution in [2.75, 3.05) is 0 Å². The highest BCUT2D eigenvalue weighted by molar-refractivity contribution is 6.74. The van der Waals surface area contributed by atoms with Crippen molar-refractivity contribution in [3.63, 3.8) is 0 Å². The van der Waals surface area contributed by atoms with Crippen LogP contribution in [0.1, 0.15) is 48.0 Å². The summed E-state index contributed by atoms with van der Waals surface area (Å²) in [5, 5.41) is 10.4. The van der Waals surface area contributed by atoms with Crippen molar-refractivity contribution >= 4 is 8.32 Å². The van der Waals surface area contributed by atoms with Crippen molar-refractivity contribution in [1.29, 1.82) is 0 Å². The SMILES string of the molecule is C[C@@H](O[Si](C)(C)C(C)(C)C)[C@H]1C[C@H](O)[C@@H]2OC(C)(C)O[C@H]12. The maximum Gasteiger partial charge on any atom is 0.192 e. The first-order valence-corrected chi connectivity index (χ1v) is 11.0. The number of hydrogen-bond acceptors (Lipinski definition) is 4. The van der Waals surface area contributed by atoms with Crippen LogP contribution in [-0.2, 0) is 13.9 Å². The molecule has 1 aliphatic carbocycles. The van der Waals surface area contributed by atoms with Gasteiger partial charge >= 0.3 is 0 Å². The number of hydrogen-bond donors (Lipinski definition) is 1. The second-order valence-electron chi connectivity index (χ2n) is 8.61. The highest BCUT2D eigenvalue weighted by Crippen LogP contribution is 2.45. The lowest BCUT2D eigenvalue weighted by molar-refractivity contribution is -0.170. The molecule has 4 nitrogen and oxygen atoms in total. The van der Waals surface area contributed by atoms with Crippen LogP contribution in [0.3, 0.4) is 0 Å². The van der Waals surface area contributed by atoms with Gasteiger partial charge in [-0.05, 0) is 45.3 Å². The molecule has 1 saturated heterocycles. The first-order valence-electron chi connectivity index (χ1n) is 8.05. The van der Waals surface area contributed by atoms with E-state index in [1.807, 2.05) is 13.8 Å². The van der Waals surface area contributed by atoms with Gasteiger partial charge in [0.15, 0.2) is 14.1 Å². The molecule has 2 fully saturated rings. The minimum Gasteiger partial charge on any atom is -0.414 e. The summed E-state index contributed by atoms with van der Waals surface area (Å²) in [6.45, 7) is 17.2. The molecule has 2 aliphatic rings. The molecule has 0 radical (unpaired) electrons. The fourth-order valence-corrected chi connectivity index (χ4v) is 4.64. The van der Waals surface area contributed by atoms with Crippen molar-refractivity contribution in [3.05, 3.63) is 0 Å². The summed E-state index contributed by atoms with van der Waals surface area (Å²) in [6.07, 6.45) is 0.0480. The Morgan fingerprint density at radius 3 is 2.24 bits per heavy atom. The molecule has 0 aromatic rings. The highest BCUT2D eigenvalue weighted by atomic mass is 28.4. The molecule has 0 aromatic heterocycles. The lowest BCUT2D eigenvalue weighted by atomic mass is 10.00. The van der Waals surface area contributed by atoms with Crippen LogP contribution in [0.2, 0.25) is 18.1 Å². The van der Waals surface area contributed by atoms with Crippen molar-refractivity contribution in [2.24, 2.45) is 5.92 Å². The Labute approximate surface area is 130 Å². The van der Waals surface area contributed by atoms with E-state index in [0.717, 1.165) is 0 Å². The van der Waals surface area contributed by atoms with Crippen LogP contribution in [0.4, 0.5) is 0 Å². The third-order valence-corrected chi connectivity index (χ3v) is 9.94. The largest absolute Gasteiger partial charge is 0.414 e. The first-order chi connectivity index (χ1) is 9.34. The predicted octanol–water partition coefficient (Wildman–Crippen LogP) is 3.30. The Morgan fingerprint density at radius 1 is 1.19 bits per heavy atom. The molecule has 0 amide bonds. The summed E-state index contributed by atoms with van der Waals surface area (Å²) in [5.41, 5.74) is 0. The highest BCUT2D eigenvalue weighted by Gasteiger charge is 2.55. The second kappa shape index (κ2) is 5.30. The zero-order valence-electron chi connectivity index (χ0n) is 14.8. The molecular formula is C16H32O4Si. The van der Waals surface area contributed by atoms with Crippen LogP contribution in [0.25, 0.3) is 0 Å². The number of ether oxygens (including phenoxy) is 2. The molecule has 5 heteroatoms. The van der Waals surface area contributed by atoms with Crippen LogP contribution in [0.5, 0.6) is 0 Å². The molecule has 21 heavy (non-hydrogen) atoms. The lowest BCUT2D eigenvalue weighted by Gasteiger charge is -2.40. The molecule has 0 aromatic carbocycles. The van der Waals surface area contributed by atoms with Gasteiger partial charge in [-0.2, -0.15) is 0 Å². The van der Waals surface area contributed by atoms with Crippen LogP contribution in [0.15, 0.2) is 0 Å². The van der Waals surface area contributed by atoms with E-state index >= 15 is 0 Å². The standard InChI is InChI=1S/C16H32O4Si/c1-10(20-21(7,8)15(2,3)4)11-9-12(17)14-13(11)18-16(5,6)19-14/h10-14,17H,9H2,1-8H3/t10-,11-,12+,13-,14+/m1/s1. The fourth-order valence-electron chi connectivity index (χ4n) is 3.18. The van der Waals surface area contributed by atoms with Gasteiger partial charge in [0, 0.05) is 12.0 Å². The van der Waals surface area contributed by atoms with Gasteiger partial charge in [0.2, 0.25) is 0 Å². The van der Waals surface area contributed by atoms with Gasteiger partial charge in [-0.3, -0.25) is 0 Å². The normalized spacial score (nSPS) is 37.6. The molecule has 0 bridgehead atoms. The third-order valence-electron chi connectivity index (χ3n) is 5.37. The van der Waals surface area contributed by atoms with Gasteiger partial charge in [-0.25, -0.2) is 0 Å². The summed E-state index contributed by atoms with van der Waals surface area (Å²) in [6, 6.07) is 0. The maximum atomic E-state index is 10.3. The van der Waals surface area contributed by atoms with Crippen molar-refractivity contribution in [1.82, 2.24) is 0 Å². The van der Waals surface area contributed by atoms with Gasteiger partial charge in [0.25, 0.3) is 0 Å². The summed E-state index contributed by atoms with van der Waals surface area (Å²) in [7, 11) is -1.82. The lowest BCUT2D eigenvalue weighted by Crippen LogP contribution is -2.46. The quantitative estimate of drug-likeness (QED) is 0.812. The van der Waals surface area contributed by atoms with Gasteiger partial charge in [-0.15, -0.1) is 0 Å². The monoisotopic (exact) mass is 316 g/mol. The van der Waals surface area contributed by atoms with E-state index in [-0.39, 0.29) is 29.3 Å². The van der Waals surface area contributed by atoms with Crippen LogP contribution >= 0.6 is 0 Å². The summed E-state index contributed by atoms with van der Waals surface area (Å²) >= 11 is 0. The molecule has 0 unspecified atom stereocenters. The predicted molar refractivity (Wildman–Crippen MR) is 85.7 cm³/mol. The molecular weight excluding hydrogens is 284 g/mol. The Morgan fingerprint density at radius 2 is 1.71 bits per heavy atom. The van der Waals surface area contributed by atoms with Gasteiger partial charge < -0.3 is 19.0 Å². The molecule has 5 atom stereocenters. The van der Waals surface area contributed by atoms with E-state index in [2.05, 4.69) is 40.8 Å². The number of rotatable bonds is 3. The van der Waals surface area contributed by atoms with Crippen molar-refractivity contribution < 1.29 is 19.0 Å². The van der Waals surface area contributed by atoms with Gasteiger partial charge in [-0.1, -0.05) is 20.8 Å². The number of fused-ring (bicyclic) bond motifs is 1. The van der Waals surface area contributed by atoms with Crippen molar-refractivity contribution in [3.8, 4) is 0 Å². The first kappa shape index (κ1) is 17.4. The molecule has 1 saturated carbocycles. The Bertz CT molecular complexity index is 388. The molecule has 1 N–H and O–H groups in total. The van der Waals surface area contributed by atoms with E-state index in [0.29, 0.717) is 6.42 Å².